The van der Waals surface area contributed by atoms with E-state index in [-0.39, 0.29) is 0 Å². The van der Waals surface area contributed by atoms with Gasteiger partial charge in [0.05, 0.1) is 0 Å². The summed E-state index contributed by atoms with van der Waals surface area (Å²) in [4.78, 5) is 0. The molecule has 0 aromatic carbocycles. The standard InChI is InChI=1S/C24H42N2/c1-3-7-17(8-4-1)19-13-15-25-23-21(19)11-12-22-20(14-16-26-24(22)23)18-9-5-2-6-10-18/h17-26H,1-16H2. The fourth-order valence-corrected chi connectivity index (χ4v) is 8.35. The Kier molecular flexibility index (Phi) is 5.61. The summed E-state index contributed by atoms with van der Waals surface area (Å²) in [5.74, 6) is 6.16. The Morgan fingerprint density at radius 2 is 0.808 bits per heavy atom. The zero-order valence-electron chi connectivity index (χ0n) is 16.9. The SMILES string of the molecule is C1CCC(C2CCNC3C2CCC2C(C4CCCCC4)CCNC23)CC1. The van der Waals surface area contributed by atoms with Crippen LogP contribution in [0.3, 0.4) is 0 Å². The summed E-state index contributed by atoms with van der Waals surface area (Å²) in [7, 11) is 0. The van der Waals surface area contributed by atoms with Gasteiger partial charge >= 0.3 is 0 Å². The number of hydrogen-bond donors (Lipinski definition) is 2. The zero-order chi connectivity index (χ0) is 17.3. The number of piperidine rings is 2. The van der Waals surface area contributed by atoms with Gasteiger partial charge in [-0.2, -0.15) is 0 Å². The maximum atomic E-state index is 4.05. The molecule has 3 aliphatic carbocycles. The van der Waals surface area contributed by atoms with Gasteiger partial charge in [-0.3, -0.25) is 0 Å². The molecule has 0 bridgehead atoms. The van der Waals surface area contributed by atoms with E-state index in [0.717, 1.165) is 47.6 Å². The molecule has 148 valence electrons. The van der Waals surface area contributed by atoms with Crippen LogP contribution < -0.4 is 10.6 Å². The third-order valence-electron chi connectivity index (χ3n) is 9.47. The van der Waals surface area contributed by atoms with Crippen molar-refractivity contribution in [2.45, 2.75) is 102 Å². The molecule has 6 unspecified atom stereocenters. The number of rotatable bonds is 2. The maximum Gasteiger partial charge on any atom is 0.0254 e. The predicted molar refractivity (Wildman–Crippen MR) is 109 cm³/mol. The number of fused-ring (bicyclic) bond motifs is 3. The van der Waals surface area contributed by atoms with Crippen LogP contribution in [0.4, 0.5) is 0 Å². The Balaban J connectivity index is 1.30. The third kappa shape index (κ3) is 3.39. The van der Waals surface area contributed by atoms with Gasteiger partial charge in [-0.05, 0) is 74.3 Å². The van der Waals surface area contributed by atoms with Crippen LogP contribution in [0.5, 0.6) is 0 Å². The molecule has 0 spiro atoms. The molecule has 6 atom stereocenters. The van der Waals surface area contributed by atoms with Gasteiger partial charge in [0.1, 0.15) is 0 Å². The summed E-state index contributed by atoms with van der Waals surface area (Å²) in [5, 5.41) is 8.10. The van der Waals surface area contributed by atoms with Crippen LogP contribution in [-0.4, -0.2) is 25.2 Å². The van der Waals surface area contributed by atoms with E-state index < -0.39 is 0 Å². The van der Waals surface area contributed by atoms with E-state index in [2.05, 4.69) is 10.6 Å². The zero-order valence-corrected chi connectivity index (χ0v) is 16.9. The van der Waals surface area contributed by atoms with Crippen molar-refractivity contribution in [3.8, 4) is 0 Å². The van der Waals surface area contributed by atoms with E-state index in [1.165, 1.54) is 77.3 Å². The molecule has 0 radical (unpaired) electrons. The first-order valence-corrected chi connectivity index (χ1v) is 12.4. The quantitative estimate of drug-likeness (QED) is 0.715. The summed E-state index contributed by atoms with van der Waals surface area (Å²) >= 11 is 0. The van der Waals surface area contributed by atoms with Gasteiger partial charge in [0, 0.05) is 12.1 Å². The van der Waals surface area contributed by atoms with Gasteiger partial charge in [-0.25, -0.2) is 0 Å². The highest BCUT2D eigenvalue weighted by molar-refractivity contribution is 5.05. The van der Waals surface area contributed by atoms with E-state index in [9.17, 15) is 0 Å². The van der Waals surface area contributed by atoms with Crippen LogP contribution in [0.15, 0.2) is 0 Å². The van der Waals surface area contributed by atoms with E-state index in [1.54, 1.807) is 25.7 Å². The summed E-state index contributed by atoms with van der Waals surface area (Å²) in [5.41, 5.74) is 0. The molecule has 0 aromatic rings. The van der Waals surface area contributed by atoms with Crippen molar-refractivity contribution in [1.82, 2.24) is 10.6 Å². The van der Waals surface area contributed by atoms with Gasteiger partial charge in [0.25, 0.3) is 0 Å². The second-order valence-electron chi connectivity index (χ2n) is 10.6. The molecule has 5 rings (SSSR count). The van der Waals surface area contributed by atoms with Crippen LogP contribution in [0.2, 0.25) is 0 Å². The minimum Gasteiger partial charge on any atom is -0.312 e. The van der Waals surface area contributed by atoms with Crippen molar-refractivity contribution < 1.29 is 0 Å². The van der Waals surface area contributed by atoms with Crippen LogP contribution in [0, 0.1) is 35.5 Å². The molecular formula is C24H42N2. The average Bonchev–Trinajstić information content (AvgIpc) is 2.74. The molecule has 2 N–H and O–H groups in total. The molecule has 5 fully saturated rings. The lowest BCUT2D eigenvalue weighted by molar-refractivity contribution is -0.0110. The minimum atomic E-state index is 0.792. The topological polar surface area (TPSA) is 24.1 Å². The monoisotopic (exact) mass is 358 g/mol. The summed E-state index contributed by atoms with van der Waals surface area (Å²) in [6.07, 6.45) is 21.2. The Hall–Kier alpha value is -0.0800. The van der Waals surface area contributed by atoms with E-state index in [0.29, 0.717) is 0 Å². The molecular weight excluding hydrogens is 316 g/mol. The maximum absolute atomic E-state index is 4.05. The average molecular weight is 359 g/mol. The van der Waals surface area contributed by atoms with Crippen LogP contribution >= 0.6 is 0 Å². The van der Waals surface area contributed by atoms with Crippen molar-refractivity contribution in [3.63, 3.8) is 0 Å². The molecule has 0 aromatic heterocycles. The number of nitrogens with one attached hydrogen (secondary N) is 2. The highest BCUT2D eigenvalue weighted by atomic mass is 15.1. The normalized spacial score (nSPS) is 45.7. The van der Waals surface area contributed by atoms with Gasteiger partial charge in [0.2, 0.25) is 0 Å². The molecule has 26 heavy (non-hydrogen) atoms. The third-order valence-corrected chi connectivity index (χ3v) is 9.47. The van der Waals surface area contributed by atoms with Gasteiger partial charge < -0.3 is 10.6 Å². The van der Waals surface area contributed by atoms with Crippen molar-refractivity contribution in [1.29, 1.82) is 0 Å². The van der Waals surface area contributed by atoms with E-state index in [4.69, 9.17) is 0 Å². The highest BCUT2D eigenvalue weighted by Gasteiger charge is 2.49. The number of hydrogen-bond acceptors (Lipinski definition) is 2. The lowest BCUT2D eigenvalue weighted by atomic mass is 9.57. The van der Waals surface area contributed by atoms with E-state index in [1.807, 2.05) is 0 Å². The molecule has 5 aliphatic rings. The molecule has 2 nitrogen and oxygen atoms in total. The Morgan fingerprint density at radius 1 is 0.385 bits per heavy atom. The van der Waals surface area contributed by atoms with Gasteiger partial charge in [-0.1, -0.05) is 64.2 Å². The predicted octanol–water partition coefficient (Wildman–Crippen LogP) is 5.13. The second kappa shape index (κ2) is 8.11. The van der Waals surface area contributed by atoms with Crippen molar-refractivity contribution in [3.05, 3.63) is 0 Å². The fourth-order valence-electron chi connectivity index (χ4n) is 8.35. The fraction of sp³-hybridized carbons (Fsp3) is 1.00. The first kappa shape index (κ1) is 18.0. The molecule has 2 aliphatic heterocycles. The minimum absolute atomic E-state index is 0.792. The van der Waals surface area contributed by atoms with Crippen LogP contribution in [0.1, 0.15) is 89.9 Å². The van der Waals surface area contributed by atoms with Gasteiger partial charge in [-0.15, -0.1) is 0 Å². The summed E-state index contributed by atoms with van der Waals surface area (Å²) in [6.45, 7) is 2.59. The largest absolute Gasteiger partial charge is 0.312 e. The highest BCUT2D eigenvalue weighted by Crippen LogP contribution is 2.49. The van der Waals surface area contributed by atoms with Crippen LogP contribution in [0.25, 0.3) is 0 Å². The Morgan fingerprint density at radius 3 is 1.23 bits per heavy atom. The van der Waals surface area contributed by atoms with Gasteiger partial charge in [0.15, 0.2) is 0 Å². The second-order valence-corrected chi connectivity index (χ2v) is 10.6. The molecule has 3 saturated carbocycles. The smallest absolute Gasteiger partial charge is 0.0254 e. The van der Waals surface area contributed by atoms with Crippen LogP contribution in [-0.2, 0) is 0 Å². The molecule has 2 heterocycles. The Bertz CT molecular complexity index is 409. The first-order valence-electron chi connectivity index (χ1n) is 12.4. The van der Waals surface area contributed by atoms with E-state index >= 15 is 0 Å². The lowest BCUT2D eigenvalue weighted by Crippen LogP contribution is -2.66. The summed E-state index contributed by atoms with van der Waals surface area (Å²) in [6, 6.07) is 1.58. The summed E-state index contributed by atoms with van der Waals surface area (Å²) < 4.78 is 0. The van der Waals surface area contributed by atoms with Crippen molar-refractivity contribution in [2.24, 2.45) is 35.5 Å². The van der Waals surface area contributed by atoms with Crippen molar-refractivity contribution in [2.75, 3.05) is 13.1 Å². The molecule has 0 amide bonds. The first-order chi connectivity index (χ1) is 12.9. The Labute approximate surface area is 161 Å². The lowest BCUT2D eigenvalue weighted by Gasteiger charge is -2.56. The molecule has 2 heteroatoms. The molecule has 2 saturated heterocycles. The van der Waals surface area contributed by atoms with Crippen molar-refractivity contribution >= 4 is 0 Å².